The number of ether oxygens (including phenoxy) is 1. The first-order valence-corrected chi connectivity index (χ1v) is 31.7. The van der Waals surface area contributed by atoms with Crippen LogP contribution >= 0.6 is 23.7 Å². The fourth-order valence-corrected chi connectivity index (χ4v) is 11.7. The normalized spacial score (nSPS) is 16.3. The van der Waals surface area contributed by atoms with Gasteiger partial charge in [0.15, 0.2) is 0 Å². The number of benzene rings is 3. The molecule has 11 N–H and O–H groups in total. The zero-order valence-electron chi connectivity index (χ0n) is 52.0. The van der Waals surface area contributed by atoms with Crippen molar-refractivity contribution in [2.75, 3.05) is 18.8 Å². The van der Waals surface area contributed by atoms with Crippen LogP contribution in [-0.4, -0.2) is 157 Å². The molecule has 0 unspecified atom stereocenters. The van der Waals surface area contributed by atoms with Gasteiger partial charge in [0.05, 0.1) is 17.4 Å². The minimum atomic E-state index is -1.81. The van der Waals surface area contributed by atoms with Crippen molar-refractivity contribution in [3.8, 4) is 5.75 Å². The van der Waals surface area contributed by atoms with Gasteiger partial charge < -0.3 is 58.3 Å². The summed E-state index contributed by atoms with van der Waals surface area (Å²) >= 11 is 1.70. The summed E-state index contributed by atoms with van der Waals surface area (Å²) in [5, 5.41) is 25.4. The summed E-state index contributed by atoms with van der Waals surface area (Å²) in [6.07, 6.45) is -1.43. The molecule has 91 heavy (non-hydrogen) atoms. The van der Waals surface area contributed by atoms with Crippen LogP contribution in [0.2, 0.25) is 0 Å². The second-order valence-electron chi connectivity index (χ2n) is 23.5. The van der Waals surface area contributed by atoms with Crippen molar-refractivity contribution in [1.29, 1.82) is 0 Å². The van der Waals surface area contributed by atoms with E-state index in [1.54, 1.807) is 64.1 Å². The van der Waals surface area contributed by atoms with Crippen LogP contribution in [0.15, 0.2) is 83.8 Å². The van der Waals surface area contributed by atoms with Crippen LogP contribution in [0.1, 0.15) is 117 Å². The lowest BCUT2D eigenvalue weighted by molar-refractivity contribution is -0.387. The molecule has 0 aromatic heterocycles. The fourth-order valence-electron chi connectivity index (χ4n) is 9.67. The molecule has 0 bridgehead atoms. The van der Waals surface area contributed by atoms with Gasteiger partial charge in [-0.15, -0.1) is 5.06 Å². The minimum absolute atomic E-state index is 0.0247. The number of carbonyl (C=O) groups excluding carboxylic acids is 12. The lowest BCUT2D eigenvalue weighted by atomic mass is 9.96. The molecule has 2 fully saturated rings. The van der Waals surface area contributed by atoms with E-state index in [1.807, 2.05) is 39.0 Å². The van der Waals surface area contributed by atoms with E-state index in [9.17, 15) is 67.6 Å². The summed E-state index contributed by atoms with van der Waals surface area (Å²) in [5.41, 5.74) is 18.1. The molecule has 2 saturated heterocycles. The highest BCUT2D eigenvalue weighted by molar-refractivity contribution is 7.98. The molecule has 11 amide bonds. The van der Waals surface area contributed by atoms with Crippen LogP contribution in [0, 0.1) is 22.0 Å². The summed E-state index contributed by atoms with van der Waals surface area (Å²) in [5.74, 6) is -11.1. The Morgan fingerprint density at radius 2 is 1.37 bits per heavy atom. The van der Waals surface area contributed by atoms with E-state index < -0.39 is 161 Å². The largest absolute Gasteiger partial charge is 0.488 e. The van der Waals surface area contributed by atoms with E-state index in [4.69, 9.17) is 26.8 Å². The first-order valence-electron chi connectivity index (χ1n) is 29.8. The van der Waals surface area contributed by atoms with E-state index in [0.717, 1.165) is 9.87 Å². The number of para-hydroxylation sites is 1. The molecule has 2 aliphatic rings. The molecule has 2 aliphatic heterocycles. The number of imide groups is 1. The summed E-state index contributed by atoms with van der Waals surface area (Å²) in [6.45, 7) is 11.6. The predicted octanol–water partition coefficient (Wildman–Crippen LogP) is 2.37. The monoisotopic (exact) mass is 1300 g/mol. The zero-order valence-corrected chi connectivity index (χ0v) is 53.6. The molecule has 0 spiro atoms. The first kappa shape index (κ1) is 73.1. The SMILES string of the molecule is CC[C@H](C)[C@H](NC(=O)[C@@H](N)Cc1ccc(OC(C)(C)C)cc1)C(=O)N[C@@H](CCC(N)=O)C(=O)N[C@@H](CC(N)=O)C(=O)N[C@@H](CSCc1ccccc1)C(=O)N1CCC[C@H]1C(=O)N[C@@H](CC(C)C)C(=O)N(CC(=O)ON1C(=O)CCC1=O)Sc1ccccc1[N+](=O)[O-]. The van der Waals surface area contributed by atoms with Crippen LogP contribution in [-0.2, 0) is 74.5 Å². The van der Waals surface area contributed by atoms with Crippen molar-refractivity contribution >= 4 is 100 Å². The first-order chi connectivity index (χ1) is 42.9. The molecule has 0 saturated carbocycles. The van der Waals surface area contributed by atoms with Gasteiger partial charge in [-0.05, 0) is 106 Å². The number of rotatable bonds is 34. The highest BCUT2D eigenvalue weighted by Gasteiger charge is 2.42. The number of nitro benzene ring substituents is 1. The van der Waals surface area contributed by atoms with Crippen LogP contribution in [0.3, 0.4) is 0 Å². The highest BCUT2D eigenvalue weighted by atomic mass is 32.2. The van der Waals surface area contributed by atoms with E-state index in [1.165, 1.54) is 40.9 Å². The predicted molar refractivity (Wildman–Crippen MR) is 334 cm³/mol. The number of thioether (sulfide) groups is 1. The second kappa shape index (κ2) is 34.5. The lowest BCUT2D eigenvalue weighted by Crippen LogP contribution is -2.61. The summed E-state index contributed by atoms with van der Waals surface area (Å²) < 4.78 is 6.69. The molecule has 3 aromatic rings. The number of hydrogen-bond acceptors (Lipinski definition) is 19. The molecule has 494 valence electrons. The van der Waals surface area contributed by atoms with Gasteiger partial charge >= 0.3 is 5.97 Å². The Bertz CT molecular complexity index is 3120. The Hall–Kier alpha value is -8.64. The molecule has 8 atom stereocenters. The summed E-state index contributed by atoms with van der Waals surface area (Å²) in [6, 6.07) is 11.4. The van der Waals surface area contributed by atoms with Crippen molar-refractivity contribution < 1.29 is 72.0 Å². The van der Waals surface area contributed by atoms with Crippen LogP contribution in [0.5, 0.6) is 5.75 Å². The van der Waals surface area contributed by atoms with Crippen LogP contribution in [0.4, 0.5) is 5.69 Å². The Balaban J connectivity index is 1.38. The van der Waals surface area contributed by atoms with Gasteiger partial charge in [0.1, 0.15) is 59.0 Å². The van der Waals surface area contributed by atoms with Gasteiger partial charge in [0, 0.05) is 43.4 Å². The van der Waals surface area contributed by atoms with Gasteiger partial charge in [0.2, 0.25) is 47.3 Å². The number of amides is 11. The number of hydroxylamine groups is 2. The smallest absolute Gasteiger partial charge is 0.353 e. The Labute approximate surface area is 535 Å². The Kier molecular flexibility index (Phi) is 27.7. The maximum absolute atomic E-state index is 15.0. The number of nitrogens with zero attached hydrogens (tertiary/aromatic N) is 4. The number of carbonyl (C=O) groups is 12. The molecule has 5 rings (SSSR count). The Morgan fingerprint density at radius 1 is 0.758 bits per heavy atom. The fraction of sp³-hybridized carbons (Fsp3) is 0.508. The van der Waals surface area contributed by atoms with Gasteiger partial charge in [-0.25, -0.2) is 4.79 Å². The molecular formula is C61H82N12O16S2. The topological polar surface area (TPSA) is 414 Å². The van der Waals surface area contributed by atoms with Crippen molar-refractivity contribution in [2.24, 2.45) is 29.0 Å². The number of nitrogens with two attached hydrogens (primary N) is 3. The third-order valence-electron chi connectivity index (χ3n) is 14.4. The summed E-state index contributed by atoms with van der Waals surface area (Å²) in [4.78, 5) is 181. The average Bonchev–Trinajstić information content (AvgIpc) is 2.07. The van der Waals surface area contributed by atoms with Crippen LogP contribution in [0.25, 0.3) is 0 Å². The maximum Gasteiger partial charge on any atom is 0.353 e. The molecule has 0 aliphatic carbocycles. The zero-order chi connectivity index (χ0) is 67.3. The Morgan fingerprint density at radius 3 is 1.98 bits per heavy atom. The van der Waals surface area contributed by atoms with E-state index in [2.05, 4.69) is 26.6 Å². The third kappa shape index (κ3) is 23.0. The molecule has 0 radical (unpaired) electrons. The number of likely N-dealkylation sites (tertiary alicyclic amines) is 1. The lowest BCUT2D eigenvalue weighted by Gasteiger charge is -2.32. The summed E-state index contributed by atoms with van der Waals surface area (Å²) in [7, 11) is 0. The highest BCUT2D eigenvalue weighted by Crippen LogP contribution is 2.33. The minimum Gasteiger partial charge on any atom is -0.488 e. The molecular weight excluding hydrogens is 1220 g/mol. The van der Waals surface area contributed by atoms with Crippen molar-refractivity contribution in [3.05, 3.63) is 100 Å². The van der Waals surface area contributed by atoms with E-state index in [0.29, 0.717) is 35.4 Å². The van der Waals surface area contributed by atoms with Crippen molar-refractivity contribution in [1.82, 2.24) is 40.9 Å². The van der Waals surface area contributed by atoms with Gasteiger partial charge in [-0.3, -0.25) is 67.2 Å². The van der Waals surface area contributed by atoms with Gasteiger partial charge in [-0.1, -0.05) is 88.7 Å². The number of nitrogens with one attached hydrogen (secondary N) is 5. The van der Waals surface area contributed by atoms with Gasteiger partial charge in [-0.2, -0.15) is 11.8 Å². The number of nitro groups is 1. The average molecular weight is 1300 g/mol. The number of primary amides is 2. The van der Waals surface area contributed by atoms with E-state index >= 15 is 0 Å². The van der Waals surface area contributed by atoms with E-state index in [-0.39, 0.29) is 66.7 Å². The second-order valence-corrected chi connectivity index (χ2v) is 25.6. The standard InChI is InChI=1S/C61H82N12O16S2/c1-8-36(4)53(69-54(79)40(62)30-37-20-22-39(23-21-37)88-61(5,6)7)58(83)65-41(24-25-48(63)74)55(80)66-42(31-49(64)75)56(81)68-44(34-90-33-38-15-10-9-11-16-38)59(84)70-28-14-18-46(70)57(82)67-43(29-35(2)3)60(85)71(91-47-19-13-12-17-45(47)73(86)87)32-52(78)89-72-50(76)26-27-51(72)77/h9-13,15-17,19-23,35-36,40-44,46,53H,8,14,18,24-34,62H2,1-7H3,(H2,63,74)(H2,64,75)(H,65,83)(H,66,80)(H,67,82)(H,68,81)(H,69,79)/t36-,40-,41-,42-,43-,44-,46-,53-/m0/s1. The molecule has 3 aromatic carbocycles. The van der Waals surface area contributed by atoms with Crippen molar-refractivity contribution in [3.63, 3.8) is 0 Å². The van der Waals surface area contributed by atoms with Crippen molar-refractivity contribution in [2.45, 2.75) is 171 Å². The number of hydrogen-bond donors (Lipinski definition) is 8. The van der Waals surface area contributed by atoms with Gasteiger partial charge in [0.25, 0.3) is 23.4 Å². The molecule has 28 nitrogen and oxygen atoms in total. The molecule has 2 heterocycles. The molecule has 30 heteroatoms. The maximum atomic E-state index is 15.0. The third-order valence-corrected chi connectivity index (χ3v) is 16.6. The quantitative estimate of drug-likeness (QED) is 0.0184. The van der Waals surface area contributed by atoms with Crippen LogP contribution < -0.4 is 48.5 Å².